The predicted octanol–water partition coefficient (Wildman–Crippen LogP) is 1.57. The molecule has 1 aromatic heterocycles. The number of hydrogen-bond acceptors (Lipinski definition) is 4. The van der Waals surface area contributed by atoms with Gasteiger partial charge in [0.2, 0.25) is 10.0 Å². The Hall–Kier alpha value is -0.920. The van der Waals surface area contributed by atoms with E-state index in [-0.39, 0.29) is 16.8 Å². The lowest BCUT2D eigenvalue weighted by Crippen LogP contribution is -2.31. The van der Waals surface area contributed by atoms with Crippen molar-refractivity contribution in [3.05, 3.63) is 16.3 Å². The largest absolute Gasteiger partial charge is 0.352 e. The molecule has 1 atom stereocenters. The lowest BCUT2D eigenvalue weighted by atomic mass is 10.3. The molecule has 1 amide bonds. The van der Waals surface area contributed by atoms with Crippen molar-refractivity contribution in [2.75, 3.05) is 6.54 Å². The Kier molecular flexibility index (Phi) is 5.30. The molecular formula is C11H18N2O3S2. The Morgan fingerprint density at radius 2 is 2.11 bits per heavy atom. The second-order valence-corrected chi connectivity index (χ2v) is 6.56. The molecule has 0 aliphatic rings. The average molecular weight is 290 g/mol. The summed E-state index contributed by atoms with van der Waals surface area (Å²) in [5.74, 6) is -0.243. The molecule has 5 nitrogen and oxygen atoms in total. The van der Waals surface area contributed by atoms with Crippen molar-refractivity contribution < 1.29 is 13.2 Å². The molecule has 0 saturated heterocycles. The predicted molar refractivity (Wildman–Crippen MR) is 72.4 cm³/mol. The van der Waals surface area contributed by atoms with Crippen molar-refractivity contribution in [2.45, 2.75) is 38.1 Å². The maximum absolute atomic E-state index is 12.0. The molecule has 0 unspecified atom stereocenters. The zero-order valence-electron chi connectivity index (χ0n) is 10.7. The van der Waals surface area contributed by atoms with Crippen LogP contribution in [-0.4, -0.2) is 26.9 Å². The fourth-order valence-corrected chi connectivity index (χ4v) is 3.76. The van der Waals surface area contributed by atoms with Gasteiger partial charge in [-0.1, -0.05) is 6.92 Å². The van der Waals surface area contributed by atoms with Gasteiger partial charge in [0.25, 0.3) is 5.91 Å². The van der Waals surface area contributed by atoms with E-state index < -0.39 is 10.0 Å². The highest BCUT2D eigenvalue weighted by Crippen LogP contribution is 2.19. The topological polar surface area (TPSA) is 75.3 Å². The summed E-state index contributed by atoms with van der Waals surface area (Å²) in [5.41, 5.74) is 0. The highest BCUT2D eigenvalue weighted by molar-refractivity contribution is 7.89. The van der Waals surface area contributed by atoms with Crippen LogP contribution in [-0.2, 0) is 10.0 Å². The Morgan fingerprint density at radius 1 is 1.44 bits per heavy atom. The first-order valence-electron chi connectivity index (χ1n) is 5.79. The van der Waals surface area contributed by atoms with Crippen LogP contribution < -0.4 is 10.0 Å². The Labute approximate surface area is 112 Å². The first kappa shape index (κ1) is 15.1. The number of rotatable bonds is 6. The van der Waals surface area contributed by atoms with Crippen molar-refractivity contribution in [3.8, 4) is 0 Å². The second kappa shape index (κ2) is 6.31. The van der Waals surface area contributed by atoms with Gasteiger partial charge in [0.1, 0.15) is 0 Å². The molecule has 0 radical (unpaired) electrons. The molecule has 0 saturated carbocycles. The van der Waals surface area contributed by atoms with Gasteiger partial charge in [-0.15, -0.1) is 11.3 Å². The van der Waals surface area contributed by atoms with Crippen molar-refractivity contribution in [2.24, 2.45) is 0 Å². The second-order valence-electron chi connectivity index (χ2n) is 3.94. The highest BCUT2D eigenvalue weighted by Gasteiger charge is 2.19. The normalized spacial score (nSPS) is 13.3. The number of hydrogen-bond donors (Lipinski definition) is 2. The molecule has 2 N–H and O–H groups in total. The van der Waals surface area contributed by atoms with Gasteiger partial charge < -0.3 is 5.32 Å². The van der Waals surface area contributed by atoms with Crippen molar-refractivity contribution in [1.29, 1.82) is 0 Å². The van der Waals surface area contributed by atoms with E-state index in [1.54, 1.807) is 6.92 Å². The van der Waals surface area contributed by atoms with Crippen LogP contribution in [0.2, 0.25) is 0 Å². The van der Waals surface area contributed by atoms with Gasteiger partial charge in [-0.05, 0) is 26.3 Å². The average Bonchev–Trinajstić information content (AvgIpc) is 2.78. The third-order valence-corrected chi connectivity index (χ3v) is 5.06. The van der Waals surface area contributed by atoms with Crippen molar-refractivity contribution >= 4 is 27.3 Å². The van der Waals surface area contributed by atoms with Gasteiger partial charge >= 0.3 is 0 Å². The van der Waals surface area contributed by atoms with E-state index in [4.69, 9.17) is 0 Å². The molecule has 0 fully saturated rings. The zero-order chi connectivity index (χ0) is 13.8. The summed E-state index contributed by atoms with van der Waals surface area (Å²) in [6.07, 6.45) is 0.715. The van der Waals surface area contributed by atoms with E-state index in [0.29, 0.717) is 17.8 Å². The van der Waals surface area contributed by atoms with E-state index in [1.165, 1.54) is 11.4 Å². The molecule has 1 aromatic rings. The number of nitrogens with one attached hydrogen (secondary N) is 2. The summed E-state index contributed by atoms with van der Waals surface area (Å²) in [6.45, 7) is 6.03. The molecule has 0 aromatic carbocycles. The summed E-state index contributed by atoms with van der Waals surface area (Å²) in [7, 11) is -3.52. The third kappa shape index (κ3) is 3.79. The molecule has 0 bridgehead atoms. The quantitative estimate of drug-likeness (QED) is 0.835. The van der Waals surface area contributed by atoms with Crippen LogP contribution >= 0.6 is 11.3 Å². The van der Waals surface area contributed by atoms with Crippen LogP contribution in [0.3, 0.4) is 0 Å². The molecule has 0 aliphatic carbocycles. The molecule has 0 spiro atoms. The van der Waals surface area contributed by atoms with Gasteiger partial charge in [-0.2, -0.15) is 0 Å². The van der Waals surface area contributed by atoms with Gasteiger partial charge in [0.05, 0.1) is 9.77 Å². The molecule has 0 aliphatic heterocycles. The van der Waals surface area contributed by atoms with Crippen LogP contribution in [0.5, 0.6) is 0 Å². The van der Waals surface area contributed by atoms with Crippen LogP contribution in [0.15, 0.2) is 16.3 Å². The minimum Gasteiger partial charge on any atom is -0.352 e. The summed E-state index contributed by atoms with van der Waals surface area (Å²) >= 11 is 1.13. The standard InChI is InChI=1S/C11H18N2O3S2/c1-4-8(3)13-18(15,16)9-6-10(17-7-9)11(14)12-5-2/h6-8,13H,4-5H2,1-3H3,(H,12,14)/t8-/m1/s1. The minimum absolute atomic E-state index is 0.122. The van der Waals surface area contributed by atoms with E-state index in [0.717, 1.165) is 11.3 Å². The summed E-state index contributed by atoms with van der Waals surface area (Å²) in [6, 6.07) is 1.28. The van der Waals surface area contributed by atoms with E-state index in [9.17, 15) is 13.2 Å². The van der Waals surface area contributed by atoms with Crippen LogP contribution in [0, 0.1) is 0 Å². The van der Waals surface area contributed by atoms with Crippen molar-refractivity contribution in [1.82, 2.24) is 10.0 Å². The molecule has 102 valence electrons. The molecule has 1 heterocycles. The van der Waals surface area contributed by atoms with Gasteiger partial charge in [-0.25, -0.2) is 13.1 Å². The maximum atomic E-state index is 12.0. The summed E-state index contributed by atoms with van der Waals surface area (Å²) < 4.78 is 26.5. The van der Waals surface area contributed by atoms with Gasteiger partial charge in [0, 0.05) is 18.0 Å². The Morgan fingerprint density at radius 3 is 2.67 bits per heavy atom. The fraction of sp³-hybridized carbons (Fsp3) is 0.545. The van der Waals surface area contributed by atoms with Gasteiger partial charge in [0.15, 0.2) is 0 Å². The molecule has 1 rings (SSSR count). The SMILES string of the molecule is CCNC(=O)c1cc(S(=O)(=O)N[C@H](C)CC)cs1. The smallest absolute Gasteiger partial charge is 0.261 e. The first-order chi connectivity index (χ1) is 8.40. The summed E-state index contributed by atoms with van der Waals surface area (Å²) in [4.78, 5) is 12.1. The van der Waals surface area contributed by atoms with Crippen molar-refractivity contribution in [3.63, 3.8) is 0 Å². The van der Waals surface area contributed by atoms with E-state index >= 15 is 0 Å². The highest BCUT2D eigenvalue weighted by atomic mass is 32.2. The Bertz CT molecular complexity index is 508. The minimum atomic E-state index is -3.52. The first-order valence-corrected chi connectivity index (χ1v) is 8.16. The van der Waals surface area contributed by atoms with Crippen LogP contribution in [0.25, 0.3) is 0 Å². The van der Waals surface area contributed by atoms with E-state index in [1.807, 2.05) is 13.8 Å². The van der Waals surface area contributed by atoms with E-state index in [2.05, 4.69) is 10.0 Å². The molecule has 7 heteroatoms. The number of thiophene rings is 1. The lowest BCUT2D eigenvalue weighted by Gasteiger charge is -2.10. The molecule has 18 heavy (non-hydrogen) atoms. The number of amides is 1. The van der Waals surface area contributed by atoms with Gasteiger partial charge in [-0.3, -0.25) is 4.79 Å². The van der Waals surface area contributed by atoms with Crippen LogP contribution in [0.1, 0.15) is 36.9 Å². The zero-order valence-corrected chi connectivity index (χ0v) is 12.3. The Balaban J connectivity index is 2.88. The van der Waals surface area contributed by atoms with Crippen LogP contribution in [0.4, 0.5) is 0 Å². The number of carbonyl (C=O) groups is 1. The monoisotopic (exact) mass is 290 g/mol. The summed E-state index contributed by atoms with van der Waals surface area (Å²) in [5, 5.41) is 4.12. The third-order valence-electron chi connectivity index (χ3n) is 2.42. The fourth-order valence-electron chi connectivity index (χ4n) is 1.24. The number of carbonyl (C=O) groups excluding carboxylic acids is 1. The molecular weight excluding hydrogens is 272 g/mol. The number of sulfonamides is 1. The maximum Gasteiger partial charge on any atom is 0.261 e. The lowest BCUT2D eigenvalue weighted by molar-refractivity contribution is 0.0959.